The first kappa shape index (κ1) is 17.5. The maximum absolute atomic E-state index is 11.9. The Morgan fingerprint density at radius 2 is 2.13 bits per heavy atom. The lowest BCUT2D eigenvalue weighted by Gasteiger charge is -2.14. The van der Waals surface area contributed by atoms with Crippen molar-refractivity contribution >= 4 is 28.5 Å². The van der Waals surface area contributed by atoms with Crippen molar-refractivity contribution in [3.8, 4) is 5.75 Å². The molecule has 1 heterocycles. The van der Waals surface area contributed by atoms with Gasteiger partial charge in [-0.15, -0.1) is 0 Å². The van der Waals surface area contributed by atoms with Crippen molar-refractivity contribution in [2.75, 3.05) is 6.61 Å². The zero-order chi connectivity index (χ0) is 16.7. The van der Waals surface area contributed by atoms with Crippen molar-refractivity contribution in [3.05, 3.63) is 35.5 Å². The summed E-state index contributed by atoms with van der Waals surface area (Å²) in [5.41, 5.74) is 0.642. The molecule has 4 nitrogen and oxygen atoms in total. The molecule has 0 bridgehead atoms. The van der Waals surface area contributed by atoms with Crippen LogP contribution in [-0.2, 0) is 9.53 Å². The molecule has 1 unspecified atom stereocenters. The summed E-state index contributed by atoms with van der Waals surface area (Å²) in [6.45, 7) is 3.92. The van der Waals surface area contributed by atoms with Crippen LogP contribution in [0, 0.1) is 0 Å². The number of nitrogens with zero attached hydrogens (tertiary/aromatic N) is 1. The lowest BCUT2D eigenvalue weighted by Crippen LogP contribution is -2.20. The van der Waals surface area contributed by atoms with Gasteiger partial charge in [0.1, 0.15) is 11.3 Å². The topological polar surface area (TPSA) is 48.4 Å². The summed E-state index contributed by atoms with van der Waals surface area (Å²) in [7, 11) is 0. The van der Waals surface area contributed by atoms with Gasteiger partial charge in [0, 0.05) is 11.6 Å². The molecule has 0 radical (unpaired) electrons. The summed E-state index contributed by atoms with van der Waals surface area (Å²) < 4.78 is 10.9. The SMILES string of the molecule is CCCCCC(C)O[13C](=O)[13CH2]Oc1ccc(Cl)c2[13cH][13cH][13cH]nc12. The van der Waals surface area contributed by atoms with Crippen LogP contribution in [0.15, 0.2) is 30.5 Å². The molecule has 0 saturated carbocycles. The normalized spacial score (nSPS) is 12.1. The van der Waals surface area contributed by atoms with E-state index in [4.69, 9.17) is 21.1 Å². The first-order chi connectivity index (χ1) is 11.1. The Morgan fingerprint density at radius 1 is 1.30 bits per heavy atom. The summed E-state index contributed by atoms with van der Waals surface area (Å²) in [5.74, 6) is 0.161. The van der Waals surface area contributed by atoms with E-state index in [9.17, 15) is 4.79 Å². The molecule has 0 spiro atoms. The fourth-order valence-electron chi connectivity index (χ4n) is 2.36. The highest BCUT2D eigenvalue weighted by atomic mass is 35.5. The van der Waals surface area contributed by atoms with Crippen LogP contribution in [0.1, 0.15) is 39.5 Å². The van der Waals surface area contributed by atoms with E-state index in [2.05, 4.69) is 11.9 Å². The minimum Gasteiger partial charge on any atom is -0.480 e. The second kappa shape index (κ2) is 8.73. The Kier molecular flexibility index (Phi) is 6.66. The number of aromatic nitrogens is 1. The average Bonchev–Trinajstić information content (AvgIpc) is 2.55. The van der Waals surface area contributed by atoms with Gasteiger partial charge in [0.25, 0.3) is 0 Å². The van der Waals surface area contributed by atoms with Crippen molar-refractivity contribution in [1.82, 2.24) is 4.98 Å². The molecule has 0 N–H and O–H groups in total. The van der Waals surface area contributed by atoms with Crippen molar-refractivity contribution in [2.45, 2.75) is 45.6 Å². The Bertz CT molecular complexity index is 660. The molecule has 124 valence electrons. The maximum Gasteiger partial charge on any atom is 0.344 e. The molecule has 0 aliphatic rings. The van der Waals surface area contributed by atoms with E-state index in [0.717, 1.165) is 31.1 Å². The van der Waals surface area contributed by atoms with Crippen LogP contribution in [0.25, 0.3) is 10.9 Å². The molecule has 5 heteroatoms. The Labute approximate surface area is 141 Å². The molecule has 0 aliphatic heterocycles. The summed E-state index contributed by atoms with van der Waals surface area (Å²) in [4.78, 5) is 16.1. The number of halogens is 1. The van der Waals surface area contributed by atoms with Crippen molar-refractivity contribution in [2.24, 2.45) is 0 Å². The Morgan fingerprint density at radius 3 is 2.91 bits per heavy atom. The highest BCUT2D eigenvalue weighted by Gasteiger charge is 2.12. The monoisotopic (exact) mass is 340 g/mol. The zero-order valence-electron chi connectivity index (χ0n) is 13.5. The molecule has 1 aromatic heterocycles. The first-order valence-electron chi connectivity index (χ1n) is 7.97. The molecule has 0 fully saturated rings. The van der Waals surface area contributed by atoms with Gasteiger partial charge in [-0.25, -0.2) is 4.79 Å². The summed E-state index contributed by atoms with van der Waals surface area (Å²) in [6, 6.07) is 7.13. The van der Waals surface area contributed by atoms with Crippen LogP contribution >= 0.6 is 11.6 Å². The minimum absolute atomic E-state index is 0.0854. The van der Waals surface area contributed by atoms with E-state index < -0.39 is 0 Å². The maximum atomic E-state index is 11.9. The molecule has 2 rings (SSSR count). The van der Waals surface area contributed by atoms with Gasteiger partial charge in [0.2, 0.25) is 0 Å². The predicted octanol–water partition coefficient (Wildman–Crippen LogP) is 4.78. The van der Waals surface area contributed by atoms with Gasteiger partial charge < -0.3 is 9.47 Å². The van der Waals surface area contributed by atoms with E-state index in [1.54, 1.807) is 18.3 Å². The standard InChI is InChI=1S/C18H22ClNO3/c1-3-4-5-7-13(2)23-17(21)12-22-16-10-9-15(19)14-8-6-11-20-18(14)16/h6,8-11,13H,3-5,7,12H2,1-2H3/i6+1,8+1,11+1,12+1,17+1. The predicted molar refractivity (Wildman–Crippen MR) is 91.9 cm³/mol. The van der Waals surface area contributed by atoms with E-state index in [0.29, 0.717) is 16.3 Å². The lowest BCUT2D eigenvalue weighted by molar-refractivity contribution is -0.150. The second-order valence-corrected chi connectivity index (χ2v) is 5.94. The first-order valence-corrected chi connectivity index (χ1v) is 8.35. The van der Waals surface area contributed by atoms with Gasteiger partial charge in [0.15, 0.2) is 6.61 Å². The fourth-order valence-corrected chi connectivity index (χ4v) is 2.58. The number of hydrogen-bond acceptors (Lipinski definition) is 4. The van der Waals surface area contributed by atoms with Crippen molar-refractivity contribution in [3.63, 3.8) is 0 Å². The zero-order valence-corrected chi connectivity index (χ0v) is 14.3. The molecule has 2 aromatic rings. The Balaban J connectivity index is 1.91. The van der Waals surface area contributed by atoms with Crippen LogP contribution in [0.5, 0.6) is 5.75 Å². The number of benzene rings is 1. The van der Waals surface area contributed by atoms with Gasteiger partial charge in [-0.2, -0.15) is 0 Å². The number of unbranched alkanes of at least 4 members (excludes halogenated alkanes) is 2. The van der Waals surface area contributed by atoms with E-state index in [1.165, 1.54) is 0 Å². The van der Waals surface area contributed by atoms with Crippen LogP contribution in [-0.4, -0.2) is 23.7 Å². The van der Waals surface area contributed by atoms with Gasteiger partial charge in [0.05, 0.1) is 11.1 Å². The summed E-state index contributed by atoms with van der Waals surface area (Å²) >= 11 is 6.13. The van der Waals surface area contributed by atoms with Crippen LogP contribution in [0.3, 0.4) is 0 Å². The number of esters is 1. The van der Waals surface area contributed by atoms with Crippen LogP contribution in [0.2, 0.25) is 5.02 Å². The van der Waals surface area contributed by atoms with Crippen molar-refractivity contribution < 1.29 is 14.3 Å². The van der Waals surface area contributed by atoms with E-state index in [-0.39, 0.29) is 18.7 Å². The molecule has 0 aliphatic carbocycles. The highest BCUT2D eigenvalue weighted by Crippen LogP contribution is 2.29. The second-order valence-electron chi connectivity index (χ2n) is 5.53. The molecular formula is C18H22ClNO3. The highest BCUT2D eigenvalue weighted by molar-refractivity contribution is 6.35. The number of carbonyl (C=O) groups is 1. The van der Waals surface area contributed by atoms with Gasteiger partial charge in [-0.1, -0.05) is 31.4 Å². The van der Waals surface area contributed by atoms with E-state index >= 15 is 0 Å². The Hall–Kier alpha value is -1.81. The summed E-state index contributed by atoms with van der Waals surface area (Å²) in [5, 5.41) is 1.40. The number of carbonyl (C=O) groups excluding carboxylic acids is 1. The number of fused-ring (bicyclic) bond motifs is 1. The van der Waals surface area contributed by atoms with E-state index in [1.807, 2.05) is 19.1 Å². The number of pyridine rings is 1. The van der Waals surface area contributed by atoms with Gasteiger partial charge in [-0.3, -0.25) is 4.98 Å². The molecule has 1 aromatic carbocycles. The molecule has 23 heavy (non-hydrogen) atoms. The fraction of sp³-hybridized carbons (Fsp3) is 0.444. The van der Waals surface area contributed by atoms with Crippen LogP contribution < -0.4 is 4.74 Å². The summed E-state index contributed by atoms with van der Waals surface area (Å²) in [6.07, 6.45) is 5.83. The third-order valence-electron chi connectivity index (χ3n) is 3.57. The molecule has 0 saturated heterocycles. The smallest absolute Gasteiger partial charge is 0.344 e. The van der Waals surface area contributed by atoms with Gasteiger partial charge in [-0.05, 0) is 44.0 Å². The number of rotatable bonds is 8. The minimum atomic E-state index is -0.368. The number of ether oxygens (including phenoxy) is 2. The largest absolute Gasteiger partial charge is 0.480 e. The number of hydrogen-bond donors (Lipinski definition) is 0. The molecule has 0 amide bonds. The lowest BCUT2D eigenvalue weighted by atomic mass is 10.1. The third kappa shape index (κ3) is 5.10. The molecular weight excluding hydrogens is 319 g/mol. The quantitative estimate of drug-likeness (QED) is 0.394. The van der Waals surface area contributed by atoms with Crippen molar-refractivity contribution in [1.29, 1.82) is 0 Å². The molecule has 1 atom stereocenters. The van der Waals surface area contributed by atoms with Crippen LogP contribution in [0.4, 0.5) is 0 Å². The van der Waals surface area contributed by atoms with Gasteiger partial charge >= 0.3 is 5.97 Å². The third-order valence-corrected chi connectivity index (χ3v) is 3.90. The average molecular weight is 341 g/mol.